The number of carbonyl (C=O) groups is 2. The average Bonchev–Trinajstić information content (AvgIpc) is 3.31. The van der Waals surface area contributed by atoms with Gasteiger partial charge >= 0.3 is 12.2 Å². The van der Waals surface area contributed by atoms with Crippen LogP contribution in [-0.4, -0.2) is 64.1 Å². The van der Waals surface area contributed by atoms with Gasteiger partial charge in [0.05, 0.1) is 5.52 Å². The molecular formula is C33H38N4O5. The molecule has 42 heavy (non-hydrogen) atoms. The normalized spacial score (nSPS) is 14.1. The molecule has 4 aromatic rings. The van der Waals surface area contributed by atoms with E-state index in [1.54, 1.807) is 50.2 Å². The molecule has 1 fully saturated rings. The molecule has 2 aromatic heterocycles. The van der Waals surface area contributed by atoms with Crippen LogP contribution in [0.2, 0.25) is 0 Å². The monoisotopic (exact) mass is 570 g/mol. The van der Waals surface area contributed by atoms with E-state index in [9.17, 15) is 9.59 Å². The molecule has 1 aliphatic heterocycles. The first-order valence-electron chi connectivity index (χ1n) is 14.2. The highest BCUT2D eigenvalue weighted by Crippen LogP contribution is 2.36. The number of rotatable bonds is 4. The van der Waals surface area contributed by atoms with E-state index < -0.39 is 17.4 Å². The van der Waals surface area contributed by atoms with Crippen LogP contribution in [0.1, 0.15) is 41.5 Å². The van der Waals surface area contributed by atoms with Gasteiger partial charge in [-0.3, -0.25) is 4.98 Å². The number of pyridine rings is 1. The predicted molar refractivity (Wildman–Crippen MR) is 163 cm³/mol. The number of nitrogens with zero attached hydrogens (tertiary/aromatic N) is 4. The van der Waals surface area contributed by atoms with Crippen LogP contribution in [-0.2, 0) is 9.47 Å². The lowest BCUT2D eigenvalue weighted by molar-refractivity contribution is 0.0202. The molecule has 2 aromatic carbocycles. The molecule has 5 rings (SSSR count). The third-order valence-electron chi connectivity index (χ3n) is 6.78. The second-order valence-electron chi connectivity index (χ2n) is 12.4. The zero-order chi connectivity index (χ0) is 30.1. The summed E-state index contributed by atoms with van der Waals surface area (Å²) >= 11 is 0. The first-order valence-corrected chi connectivity index (χ1v) is 14.2. The highest BCUT2D eigenvalue weighted by atomic mass is 16.7. The average molecular weight is 571 g/mol. The van der Waals surface area contributed by atoms with Crippen molar-refractivity contribution in [1.82, 2.24) is 14.5 Å². The number of fused-ring (bicyclic) bond motifs is 1. The fraction of sp³-hybridized carbons (Fsp3) is 0.364. The summed E-state index contributed by atoms with van der Waals surface area (Å²) in [7, 11) is 0. The molecule has 9 heteroatoms. The maximum absolute atomic E-state index is 12.5. The standard InChI is InChI=1S/C33H38N4O5/c1-32(2,3)41-30(38)36-19-17-35(18-20-36)25-9-12-27-28(22-37(29(27)21-25)24-13-15-34-16-14-24)23-7-10-26(11-8-23)40-31(39)42-33(4,5)6/h7-16,21-22H,17-20H2,1-6H3. The van der Waals surface area contributed by atoms with Crippen molar-refractivity contribution in [1.29, 1.82) is 0 Å². The number of ether oxygens (including phenoxy) is 3. The second kappa shape index (κ2) is 11.4. The zero-order valence-corrected chi connectivity index (χ0v) is 25.1. The number of amides is 1. The summed E-state index contributed by atoms with van der Waals surface area (Å²) in [5.41, 5.74) is 4.04. The van der Waals surface area contributed by atoms with E-state index in [0.717, 1.165) is 33.4 Å². The molecule has 1 saturated heterocycles. The molecule has 3 heterocycles. The van der Waals surface area contributed by atoms with Crippen LogP contribution in [0.25, 0.3) is 27.7 Å². The van der Waals surface area contributed by atoms with Crippen molar-refractivity contribution in [3.63, 3.8) is 0 Å². The van der Waals surface area contributed by atoms with Crippen molar-refractivity contribution >= 4 is 28.8 Å². The van der Waals surface area contributed by atoms with Crippen LogP contribution >= 0.6 is 0 Å². The topological polar surface area (TPSA) is 86.1 Å². The lowest BCUT2D eigenvalue weighted by Gasteiger charge is -2.36. The van der Waals surface area contributed by atoms with E-state index in [0.29, 0.717) is 31.9 Å². The Balaban J connectivity index is 1.41. The molecule has 0 saturated carbocycles. The van der Waals surface area contributed by atoms with Crippen molar-refractivity contribution in [2.45, 2.75) is 52.7 Å². The van der Waals surface area contributed by atoms with Gasteiger partial charge in [-0.15, -0.1) is 0 Å². The van der Waals surface area contributed by atoms with Crippen LogP contribution in [0.5, 0.6) is 5.75 Å². The third kappa shape index (κ3) is 6.84. The molecule has 0 atom stereocenters. The highest BCUT2D eigenvalue weighted by molar-refractivity contribution is 5.98. The Labute approximate surface area is 246 Å². The predicted octanol–water partition coefficient (Wildman–Crippen LogP) is 7.06. The van der Waals surface area contributed by atoms with Gasteiger partial charge in [0.1, 0.15) is 17.0 Å². The first-order chi connectivity index (χ1) is 19.9. The van der Waals surface area contributed by atoms with Gasteiger partial charge in [-0.1, -0.05) is 18.2 Å². The maximum Gasteiger partial charge on any atom is 0.514 e. The van der Waals surface area contributed by atoms with Crippen LogP contribution in [0.4, 0.5) is 15.3 Å². The Morgan fingerprint density at radius 1 is 0.762 bits per heavy atom. The quantitative estimate of drug-likeness (QED) is 0.192. The van der Waals surface area contributed by atoms with Gasteiger partial charge < -0.3 is 28.6 Å². The van der Waals surface area contributed by atoms with Crippen molar-refractivity contribution < 1.29 is 23.8 Å². The highest BCUT2D eigenvalue weighted by Gasteiger charge is 2.26. The van der Waals surface area contributed by atoms with Gasteiger partial charge in [-0.05, 0) is 83.5 Å². The summed E-state index contributed by atoms with van der Waals surface area (Å²) in [6.07, 6.45) is 4.68. The fourth-order valence-corrected chi connectivity index (χ4v) is 4.90. The number of benzene rings is 2. The Morgan fingerprint density at radius 3 is 2.02 bits per heavy atom. The number of aromatic nitrogens is 2. The molecule has 0 bridgehead atoms. The third-order valence-corrected chi connectivity index (χ3v) is 6.78. The molecule has 1 aliphatic rings. The van der Waals surface area contributed by atoms with Crippen molar-refractivity contribution in [2.75, 3.05) is 31.1 Å². The number of hydrogen-bond donors (Lipinski definition) is 0. The summed E-state index contributed by atoms with van der Waals surface area (Å²) < 4.78 is 18.4. The molecule has 1 amide bonds. The van der Waals surface area contributed by atoms with E-state index in [4.69, 9.17) is 14.2 Å². The molecule has 0 aliphatic carbocycles. The largest absolute Gasteiger partial charge is 0.514 e. The number of carbonyl (C=O) groups excluding carboxylic acids is 2. The van der Waals surface area contributed by atoms with Crippen LogP contribution < -0.4 is 9.64 Å². The van der Waals surface area contributed by atoms with Crippen LogP contribution in [0.15, 0.2) is 73.2 Å². The van der Waals surface area contributed by atoms with Crippen LogP contribution in [0.3, 0.4) is 0 Å². The Bertz CT molecular complexity index is 1560. The Kier molecular flexibility index (Phi) is 7.86. The summed E-state index contributed by atoms with van der Waals surface area (Å²) in [5.74, 6) is 0.415. The van der Waals surface area contributed by atoms with Gasteiger partial charge in [0, 0.05) is 67.1 Å². The number of hydrogen-bond acceptors (Lipinski definition) is 7. The Morgan fingerprint density at radius 2 is 1.40 bits per heavy atom. The minimum Gasteiger partial charge on any atom is -0.444 e. The van der Waals surface area contributed by atoms with Crippen molar-refractivity contribution in [2.24, 2.45) is 0 Å². The lowest BCUT2D eigenvalue weighted by atomic mass is 10.0. The van der Waals surface area contributed by atoms with E-state index >= 15 is 0 Å². The summed E-state index contributed by atoms with van der Waals surface area (Å²) in [5, 5.41) is 1.09. The fourth-order valence-electron chi connectivity index (χ4n) is 4.90. The number of anilines is 1. The molecule has 0 spiro atoms. The summed E-state index contributed by atoms with van der Waals surface area (Å²) in [6.45, 7) is 13.7. The molecule has 0 radical (unpaired) electrons. The maximum atomic E-state index is 12.5. The number of piperazine rings is 1. The smallest absolute Gasteiger partial charge is 0.444 e. The van der Waals surface area contributed by atoms with Gasteiger partial charge in [-0.25, -0.2) is 9.59 Å². The molecular weight excluding hydrogens is 532 g/mol. The summed E-state index contributed by atoms with van der Waals surface area (Å²) in [6, 6.07) is 17.9. The van der Waals surface area contributed by atoms with E-state index in [1.807, 2.05) is 45.0 Å². The molecule has 0 N–H and O–H groups in total. The minimum atomic E-state index is -0.732. The zero-order valence-electron chi connectivity index (χ0n) is 25.1. The first kappa shape index (κ1) is 29.0. The van der Waals surface area contributed by atoms with Crippen LogP contribution in [0, 0.1) is 0 Å². The van der Waals surface area contributed by atoms with Gasteiger partial charge in [0.25, 0.3) is 0 Å². The van der Waals surface area contributed by atoms with Crippen molar-refractivity contribution in [3.8, 4) is 22.6 Å². The second-order valence-corrected chi connectivity index (χ2v) is 12.4. The van der Waals surface area contributed by atoms with Crippen molar-refractivity contribution in [3.05, 3.63) is 73.2 Å². The molecule has 9 nitrogen and oxygen atoms in total. The molecule has 220 valence electrons. The Hall–Kier alpha value is -4.53. The summed E-state index contributed by atoms with van der Waals surface area (Å²) in [4.78, 5) is 32.9. The van der Waals surface area contributed by atoms with Gasteiger partial charge in [0.15, 0.2) is 0 Å². The van der Waals surface area contributed by atoms with E-state index in [2.05, 4.69) is 38.8 Å². The van der Waals surface area contributed by atoms with E-state index in [1.165, 1.54) is 0 Å². The SMILES string of the molecule is CC(C)(C)OC(=O)Oc1ccc(-c2cn(-c3ccncc3)c3cc(N4CCN(C(=O)OC(C)(C)C)CC4)ccc23)cc1. The lowest BCUT2D eigenvalue weighted by Crippen LogP contribution is -2.50. The minimum absolute atomic E-state index is 0.267. The molecule has 0 unspecified atom stereocenters. The van der Waals surface area contributed by atoms with Gasteiger partial charge in [0.2, 0.25) is 0 Å². The van der Waals surface area contributed by atoms with Gasteiger partial charge in [-0.2, -0.15) is 0 Å². The van der Waals surface area contributed by atoms with E-state index in [-0.39, 0.29) is 6.09 Å².